The number of ketones is 1. The summed E-state index contributed by atoms with van der Waals surface area (Å²) in [6.07, 6.45) is 1.20. The van der Waals surface area contributed by atoms with E-state index in [1.807, 2.05) is 32.9 Å². The van der Waals surface area contributed by atoms with Crippen LogP contribution in [0.25, 0.3) is 0 Å². The lowest BCUT2D eigenvalue weighted by Gasteiger charge is -2.40. The van der Waals surface area contributed by atoms with Crippen LogP contribution in [-0.2, 0) is 32.4 Å². The molecule has 1 saturated carbocycles. The summed E-state index contributed by atoms with van der Waals surface area (Å²) < 4.78 is 48.2. The number of sulfonamides is 1. The molecular weight excluding hydrogens is 581 g/mol. The Hall–Kier alpha value is -2.53. The Morgan fingerprint density at radius 2 is 1.83 bits per heavy atom. The minimum absolute atomic E-state index is 0.0375. The third kappa shape index (κ3) is 7.51. The van der Waals surface area contributed by atoms with Gasteiger partial charge in [-0.3, -0.25) is 4.79 Å². The van der Waals surface area contributed by atoms with Crippen molar-refractivity contribution in [3.05, 3.63) is 70.0 Å². The van der Waals surface area contributed by atoms with E-state index in [9.17, 15) is 18.0 Å². The normalized spacial score (nSPS) is 21.1. The van der Waals surface area contributed by atoms with Gasteiger partial charge in [-0.05, 0) is 73.4 Å². The van der Waals surface area contributed by atoms with E-state index >= 15 is 4.39 Å². The molecule has 4 rings (SSSR count). The van der Waals surface area contributed by atoms with E-state index in [-0.39, 0.29) is 47.8 Å². The fourth-order valence-corrected chi connectivity index (χ4v) is 8.46. The highest BCUT2D eigenvalue weighted by Crippen LogP contribution is 2.35. The molecule has 1 heterocycles. The number of hydrogen-bond donors (Lipinski definition) is 2. The van der Waals surface area contributed by atoms with Crippen molar-refractivity contribution in [2.24, 2.45) is 5.92 Å². The molecule has 0 bridgehead atoms. The van der Waals surface area contributed by atoms with E-state index in [0.29, 0.717) is 48.5 Å². The number of amides is 1. The van der Waals surface area contributed by atoms with Gasteiger partial charge in [-0.2, -0.15) is 4.31 Å². The molecule has 2 aromatic rings. The fourth-order valence-electron chi connectivity index (χ4n) is 6.09. The van der Waals surface area contributed by atoms with Crippen molar-refractivity contribution < 1.29 is 27.1 Å². The monoisotopic (exact) mass is 621 g/mol. The molecule has 8 nitrogen and oxygen atoms in total. The highest BCUT2D eigenvalue weighted by atomic mass is 35.5. The summed E-state index contributed by atoms with van der Waals surface area (Å²) in [5, 5.41) is 6.27. The quantitative estimate of drug-likeness (QED) is 0.351. The van der Waals surface area contributed by atoms with Crippen molar-refractivity contribution >= 4 is 33.5 Å². The smallest absolute Gasteiger partial charge is 0.407 e. The Labute approximate surface area is 253 Å². The standard InChI is InChI=1S/C31H41ClFN3O5S/c1-19(2)29(21-8-10-23(32)11-9-21)30(35-31(38)41-4)28(37)16-22-6-5-7-27(33)26(22)15-12-24-18-34-17-20(3)36(24)42(39,40)25-13-14-25/h5-11,19-20,24-25,29-30,34H,12-18H2,1-4H3,(H,35,38)/t20-,24-,29+,30+/m0/s1. The number of Topliss-reactive ketones (excluding diaryl/α,β-unsaturated/α-hetero) is 1. The van der Waals surface area contributed by atoms with Crippen molar-refractivity contribution in [3.8, 4) is 0 Å². The molecule has 2 fully saturated rings. The van der Waals surface area contributed by atoms with Crippen molar-refractivity contribution in [2.45, 2.75) is 82.2 Å². The van der Waals surface area contributed by atoms with Gasteiger partial charge in [0.25, 0.3) is 0 Å². The average molecular weight is 622 g/mol. The number of alkyl carbamates (subject to hydrolysis) is 1. The zero-order valence-corrected chi connectivity index (χ0v) is 26.2. The van der Waals surface area contributed by atoms with Crippen LogP contribution in [0.3, 0.4) is 0 Å². The second-order valence-electron chi connectivity index (χ2n) is 11.7. The summed E-state index contributed by atoms with van der Waals surface area (Å²) in [4.78, 5) is 26.3. The summed E-state index contributed by atoms with van der Waals surface area (Å²) >= 11 is 6.10. The largest absolute Gasteiger partial charge is 0.453 e. The number of ether oxygens (including phenoxy) is 1. The zero-order chi connectivity index (χ0) is 30.6. The first kappa shape index (κ1) is 32.4. The number of carbonyl (C=O) groups is 2. The fraction of sp³-hybridized carbons (Fsp3) is 0.548. The van der Waals surface area contributed by atoms with Crippen LogP contribution in [0.1, 0.15) is 62.6 Å². The van der Waals surface area contributed by atoms with E-state index in [4.69, 9.17) is 16.3 Å². The number of benzene rings is 2. The van der Waals surface area contributed by atoms with E-state index in [0.717, 1.165) is 5.56 Å². The lowest BCUT2D eigenvalue weighted by Crippen LogP contribution is -2.59. The van der Waals surface area contributed by atoms with Gasteiger partial charge in [0.2, 0.25) is 10.0 Å². The zero-order valence-electron chi connectivity index (χ0n) is 24.6. The van der Waals surface area contributed by atoms with Crippen LogP contribution in [0.15, 0.2) is 42.5 Å². The number of methoxy groups -OCH3 is 1. The minimum atomic E-state index is -3.42. The van der Waals surface area contributed by atoms with E-state index in [1.54, 1.807) is 28.6 Å². The van der Waals surface area contributed by atoms with Gasteiger partial charge in [0.15, 0.2) is 5.78 Å². The maximum absolute atomic E-state index is 15.3. The average Bonchev–Trinajstić information content (AvgIpc) is 3.79. The van der Waals surface area contributed by atoms with Gasteiger partial charge < -0.3 is 15.4 Å². The molecule has 1 aliphatic heterocycles. The summed E-state index contributed by atoms with van der Waals surface area (Å²) in [5.74, 6) is -1.15. The second-order valence-corrected chi connectivity index (χ2v) is 14.3. The van der Waals surface area contributed by atoms with E-state index in [1.165, 1.54) is 13.2 Å². The van der Waals surface area contributed by atoms with Crippen molar-refractivity contribution in [1.82, 2.24) is 14.9 Å². The van der Waals surface area contributed by atoms with Crippen LogP contribution in [-0.4, -0.2) is 68.2 Å². The first-order valence-corrected chi connectivity index (χ1v) is 16.4. The van der Waals surface area contributed by atoms with Gasteiger partial charge in [0.1, 0.15) is 5.82 Å². The van der Waals surface area contributed by atoms with Crippen LogP contribution < -0.4 is 10.6 Å². The molecule has 1 saturated heterocycles. The number of rotatable bonds is 12. The minimum Gasteiger partial charge on any atom is -0.453 e. The Balaban J connectivity index is 1.58. The molecule has 0 aromatic heterocycles. The van der Waals surface area contributed by atoms with Crippen molar-refractivity contribution in [2.75, 3.05) is 20.2 Å². The molecule has 2 aromatic carbocycles. The summed E-state index contributed by atoms with van der Waals surface area (Å²) in [5.41, 5.74) is 1.74. The molecule has 42 heavy (non-hydrogen) atoms. The van der Waals surface area contributed by atoms with Gasteiger partial charge >= 0.3 is 6.09 Å². The molecule has 0 radical (unpaired) electrons. The molecular formula is C31H41ClFN3O5S. The SMILES string of the molecule is COC(=O)N[C@H](C(=O)Cc1cccc(F)c1CC[C@H]1CNC[C@H](C)N1S(=O)(=O)C1CC1)[C@@H](c1ccc(Cl)cc1)C(C)C. The molecule has 1 aliphatic carbocycles. The first-order chi connectivity index (χ1) is 19.9. The lowest BCUT2D eigenvalue weighted by molar-refractivity contribution is -0.121. The molecule has 0 unspecified atom stereocenters. The van der Waals surface area contributed by atoms with Gasteiger partial charge in [-0.15, -0.1) is 0 Å². The molecule has 1 amide bonds. The number of piperazine rings is 1. The van der Waals surface area contributed by atoms with Gasteiger partial charge in [0.05, 0.1) is 18.4 Å². The van der Waals surface area contributed by atoms with E-state index < -0.39 is 28.0 Å². The summed E-state index contributed by atoms with van der Waals surface area (Å²) in [6, 6.07) is 10.4. The summed E-state index contributed by atoms with van der Waals surface area (Å²) in [7, 11) is -2.18. The number of nitrogens with zero attached hydrogens (tertiary/aromatic N) is 1. The van der Waals surface area contributed by atoms with Crippen molar-refractivity contribution in [1.29, 1.82) is 0 Å². The molecule has 230 valence electrons. The highest BCUT2D eigenvalue weighted by Gasteiger charge is 2.45. The number of nitrogens with one attached hydrogen (secondary N) is 2. The maximum atomic E-state index is 15.3. The topological polar surface area (TPSA) is 105 Å². The lowest BCUT2D eigenvalue weighted by atomic mass is 9.79. The van der Waals surface area contributed by atoms with Crippen LogP contribution in [0.5, 0.6) is 0 Å². The molecule has 0 spiro atoms. The van der Waals surface area contributed by atoms with Crippen LogP contribution in [0, 0.1) is 11.7 Å². The van der Waals surface area contributed by atoms with Gasteiger partial charge in [-0.25, -0.2) is 17.6 Å². The Kier molecular flexibility index (Phi) is 10.7. The molecule has 2 aliphatic rings. The van der Waals surface area contributed by atoms with Gasteiger partial charge in [-0.1, -0.05) is 49.7 Å². The number of carbonyl (C=O) groups excluding carboxylic acids is 2. The maximum Gasteiger partial charge on any atom is 0.407 e. The first-order valence-electron chi connectivity index (χ1n) is 14.6. The second kappa shape index (κ2) is 13.8. The predicted octanol–water partition coefficient (Wildman–Crippen LogP) is 4.84. The van der Waals surface area contributed by atoms with Crippen LogP contribution >= 0.6 is 11.6 Å². The third-order valence-electron chi connectivity index (χ3n) is 8.30. The Bertz CT molecular complexity index is 1370. The van der Waals surface area contributed by atoms with Crippen LogP contribution in [0.4, 0.5) is 9.18 Å². The summed E-state index contributed by atoms with van der Waals surface area (Å²) in [6.45, 7) is 6.88. The Morgan fingerprint density at radius 1 is 1.14 bits per heavy atom. The Morgan fingerprint density at radius 3 is 2.45 bits per heavy atom. The number of halogens is 2. The van der Waals surface area contributed by atoms with Gasteiger partial charge in [0, 0.05) is 42.5 Å². The van der Waals surface area contributed by atoms with Crippen LogP contribution in [0.2, 0.25) is 5.02 Å². The highest BCUT2D eigenvalue weighted by molar-refractivity contribution is 7.90. The molecule has 11 heteroatoms. The number of hydrogen-bond acceptors (Lipinski definition) is 6. The van der Waals surface area contributed by atoms with Crippen molar-refractivity contribution in [3.63, 3.8) is 0 Å². The van der Waals surface area contributed by atoms with E-state index in [2.05, 4.69) is 10.6 Å². The molecule has 2 N–H and O–H groups in total. The third-order valence-corrected chi connectivity index (χ3v) is 11.1. The predicted molar refractivity (Wildman–Crippen MR) is 162 cm³/mol. The molecule has 4 atom stereocenters.